The highest BCUT2D eigenvalue weighted by Gasteiger charge is 2.35. The van der Waals surface area contributed by atoms with Crippen LogP contribution in [0.15, 0.2) is 0 Å². The van der Waals surface area contributed by atoms with Crippen molar-refractivity contribution in [3.8, 4) is 6.07 Å². The number of halogens is 1. The minimum Gasteiger partial charge on any atom is -0.358 e. The minimum atomic E-state index is 0.371. The van der Waals surface area contributed by atoms with Gasteiger partial charge in [-0.2, -0.15) is 9.64 Å². The van der Waals surface area contributed by atoms with E-state index in [1.54, 1.807) is 0 Å². The topological polar surface area (TPSA) is 39.9 Å². The largest absolute Gasteiger partial charge is 0.358 e. The average molecular weight is 282 g/mol. The third-order valence-electron chi connectivity index (χ3n) is 4.25. The second-order valence-corrected chi connectivity index (χ2v) is 6.32. The lowest BCUT2D eigenvalue weighted by Crippen LogP contribution is -2.46. The predicted molar refractivity (Wildman–Crippen MR) is 74.2 cm³/mol. The highest BCUT2D eigenvalue weighted by atomic mass is 35.5. The zero-order chi connectivity index (χ0) is 12.5. The number of nitriles is 1. The number of anilines is 1. The molecule has 18 heavy (non-hydrogen) atoms. The highest BCUT2D eigenvalue weighted by Crippen LogP contribution is 2.41. The number of nitrogens with zero attached hydrogens (tertiary/aromatic N) is 3. The lowest BCUT2D eigenvalue weighted by molar-refractivity contribution is 0.244. The van der Waals surface area contributed by atoms with Gasteiger partial charge in [0, 0.05) is 12.6 Å². The summed E-state index contributed by atoms with van der Waals surface area (Å²) in [7, 11) is 0. The SMILES string of the molecule is N#Cc1c(Cl)nsc1N1CCCC2CCCCC21. The summed E-state index contributed by atoms with van der Waals surface area (Å²) in [6.07, 6.45) is 7.84. The number of hydrogen-bond donors (Lipinski definition) is 0. The monoisotopic (exact) mass is 281 g/mol. The van der Waals surface area contributed by atoms with Crippen molar-refractivity contribution in [3.05, 3.63) is 10.7 Å². The van der Waals surface area contributed by atoms with Crippen molar-refractivity contribution in [2.45, 2.75) is 44.6 Å². The van der Waals surface area contributed by atoms with E-state index in [4.69, 9.17) is 11.6 Å². The fraction of sp³-hybridized carbons (Fsp3) is 0.692. The van der Waals surface area contributed by atoms with Gasteiger partial charge in [-0.15, -0.1) is 0 Å². The Labute approximate surface area is 117 Å². The van der Waals surface area contributed by atoms with Crippen LogP contribution in [0.1, 0.15) is 44.1 Å². The lowest BCUT2D eigenvalue weighted by atomic mass is 9.78. The molecule has 3 rings (SSSR count). The molecule has 3 nitrogen and oxygen atoms in total. The zero-order valence-electron chi connectivity index (χ0n) is 10.2. The molecule has 1 aliphatic heterocycles. The van der Waals surface area contributed by atoms with Crippen LogP contribution in [0.2, 0.25) is 5.15 Å². The highest BCUT2D eigenvalue weighted by molar-refractivity contribution is 7.10. The van der Waals surface area contributed by atoms with Crippen LogP contribution < -0.4 is 4.90 Å². The Morgan fingerprint density at radius 3 is 2.89 bits per heavy atom. The smallest absolute Gasteiger partial charge is 0.162 e. The van der Waals surface area contributed by atoms with Crippen molar-refractivity contribution < 1.29 is 0 Å². The van der Waals surface area contributed by atoms with Crippen molar-refractivity contribution in [3.63, 3.8) is 0 Å². The van der Waals surface area contributed by atoms with Crippen molar-refractivity contribution >= 4 is 28.1 Å². The van der Waals surface area contributed by atoms with E-state index >= 15 is 0 Å². The van der Waals surface area contributed by atoms with E-state index in [0.717, 1.165) is 17.5 Å². The van der Waals surface area contributed by atoms with E-state index in [9.17, 15) is 5.26 Å². The van der Waals surface area contributed by atoms with Crippen molar-refractivity contribution in [1.82, 2.24) is 4.37 Å². The number of aromatic nitrogens is 1. The summed E-state index contributed by atoms with van der Waals surface area (Å²) in [5.41, 5.74) is 0.577. The summed E-state index contributed by atoms with van der Waals surface area (Å²) in [5, 5.41) is 10.6. The van der Waals surface area contributed by atoms with Crippen molar-refractivity contribution in [2.24, 2.45) is 5.92 Å². The van der Waals surface area contributed by atoms with Crippen molar-refractivity contribution in [1.29, 1.82) is 5.26 Å². The maximum atomic E-state index is 9.22. The van der Waals surface area contributed by atoms with Gasteiger partial charge in [-0.3, -0.25) is 0 Å². The van der Waals surface area contributed by atoms with Gasteiger partial charge in [0.25, 0.3) is 0 Å². The molecule has 0 aromatic carbocycles. The molecule has 0 N–H and O–H groups in total. The number of rotatable bonds is 1. The Morgan fingerprint density at radius 2 is 2.06 bits per heavy atom. The Morgan fingerprint density at radius 1 is 1.28 bits per heavy atom. The second-order valence-electron chi connectivity index (χ2n) is 5.21. The van der Waals surface area contributed by atoms with Crippen LogP contribution in [0.25, 0.3) is 0 Å². The van der Waals surface area contributed by atoms with Gasteiger partial charge >= 0.3 is 0 Å². The molecule has 0 radical (unpaired) electrons. The van der Waals surface area contributed by atoms with E-state index in [0.29, 0.717) is 16.8 Å². The van der Waals surface area contributed by atoms with E-state index in [-0.39, 0.29) is 0 Å². The first-order chi connectivity index (χ1) is 8.81. The van der Waals surface area contributed by atoms with Crippen molar-refractivity contribution in [2.75, 3.05) is 11.4 Å². The fourth-order valence-electron chi connectivity index (χ4n) is 3.43. The molecule has 2 atom stereocenters. The molecule has 96 valence electrons. The third kappa shape index (κ3) is 2.00. The molecule has 2 unspecified atom stereocenters. The summed E-state index contributed by atoms with van der Waals surface area (Å²) < 4.78 is 4.14. The van der Waals surface area contributed by atoms with Crippen LogP contribution in [-0.4, -0.2) is 17.0 Å². The third-order valence-corrected chi connectivity index (χ3v) is 5.51. The molecule has 1 aromatic heterocycles. The van der Waals surface area contributed by atoms with Gasteiger partial charge in [0.2, 0.25) is 0 Å². The second kappa shape index (κ2) is 5.07. The van der Waals surface area contributed by atoms with Crippen LogP contribution in [-0.2, 0) is 0 Å². The summed E-state index contributed by atoms with van der Waals surface area (Å²) >= 11 is 7.37. The van der Waals surface area contributed by atoms with Gasteiger partial charge in [-0.05, 0) is 43.1 Å². The summed E-state index contributed by atoms with van der Waals surface area (Å²) in [4.78, 5) is 2.41. The Bertz CT molecular complexity index is 477. The van der Waals surface area contributed by atoms with E-state index in [1.807, 2.05) is 0 Å². The summed E-state index contributed by atoms with van der Waals surface area (Å²) in [5.74, 6) is 0.805. The normalized spacial score (nSPS) is 27.7. The number of hydrogen-bond acceptors (Lipinski definition) is 4. The minimum absolute atomic E-state index is 0.371. The van der Waals surface area contributed by atoms with Crippen LogP contribution >= 0.6 is 23.1 Å². The Balaban J connectivity index is 1.92. The lowest BCUT2D eigenvalue weighted by Gasteiger charge is -2.44. The molecule has 2 heterocycles. The quantitative estimate of drug-likeness (QED) is 0.785. The van der Waals surface area contributed by atoms with Gasteiger partial charge < -0.3 is 4.90 Å². The van der Waals surface area contributed by atoms with E-state index in [1.165, 1.54) is 50.1 Å². The van der Waals surface area contributed by atoms with Gasteiger partial charge in [0.05, 0.1) is 0 Å². The zero-order valence-corrected chi connectivity index (χ0v) is 11.8. The molecule has 1 saturated carbocycles. The molecular formula is C13H16ClN3S. The fourth-order valence-corrected chi connectivity index (χ4v) is 4.54. The molecule has 0 spiro atoms. The molecule has 2 fully saturated rings. The van der Waals surface area contributed by atoms with Gasteiger partial charge in [0.15, 0.2) is 5.15 Å². The molecule has 2 aliphatic rings. The number of fused-ring (bicyclic) bond motifs is 1. The predicted octanol–water partition coefficient (Wildman–Crippen LogP) is 3.83. The molecule has 0 bridgehead atoms. The van der Waals surface area contributed by atoms with Gasteiger partial charge in [-0.1, -0.05) is 24.4 Å². The Kier molecular flexibility index (Phi) is 3.45. The maximum absolute atomic E-state index is 9.22. The summed E-state index contributed by atoms with van der Waals surface area (Å²) in [6, 6.07) is 2.82. The first kappa shape index (κ1) is 12.3. The van der Waals surface area contributed by atoms with Crippen LogP contribution in [0.5, 0.6) is 0 Å². The summed E-state index contributed by atoms with van der Waals surface area (Å²) in [6.45, 7) is 1.05. The molecule has 0 amide bonds. The first-order valence-electron chi connectivity index (χ1n) is 6.63. The molecule has 1 aromatic rings. The van der Waals surface area contributed by atoms with Gasteiger partial charge in [-0.25, -0.2) is 0 Å². The van der Waals surface area contributed by atoms with Crippen LogP contribution in [0, 0.1) is 17.2 Å². The van der Waals surface area contributed by atoms with Crippen LogP contribution in [0.4, 0.5) is 5.00 Å². The molecule has 1 saturated heterocycles. The molecular weight excluding hydrogens is 266 g/mol. The first-order valence-corrected chi connectivity index (χ1v) is 7.78. The maximum Gasteiger partial charge on any atom is 0.162 e. The van der Waals surface area contributed by atoms with E-state index < -0.39 is 0 Å². The Hall–Kier alpha value is -0.790. The van der Waals surface area contributed by atoms with Crippen LogP contribution in [0.3, 0.4) is 0 Å². The van der Waals surface area contributed by atoms with E-state index in [2.05, 4.69) is 15.3 Å². The van der Waals surface area contributed by atoms with Gasteiger partial charge in [0.1, 0.15) is 16.6 Å². The average Bonchev–Trinajstić information content (AvgIpc) is 2.79. The molecule has 5 heteroatoms. The molecule has 1 aliphatic carbocycles. The standard InChI is InChI=1S/C13H16ClN3S/c14-12-10(8-15)13(18-16-12)17-7-3-5-9-4-1-2-6-11(9)17/h9,11H,1-7H2. The number of piperidine rings is 1.